The number of ether oxygens (including phenoxy) is 3. The Hall–Kier alpha value is -1.30. The maximum absolute atomic E-state index is 12.1. The molecule has 1 heterocycles. The smallest absolute Gasteiger partial charge is 0.410 e. The molecular weight excluding hydrogens is 274 g/mol. The third-order valence-electron chi connectivity index (χ3n) is 3.29. The Balaban J connectivity index is 2.66. The van der Waals surface area contributed by atoms with E-state index in [0.29, 0.717) is 39.1 Å². The fourth-order valence-corrected chi connectivity index (χ4v) is 2.32. The number of likely N-dealkylation sites (tertiary alicyclic amines) is 1. The van der Waals surface area contributed by atoms with Gasteiger partial charge >= 0.3 is 12.1 Å². The molecule has 1 aliphatic heterocycles. The Morgan fingerprint density at radius 1 is 1.10 bits per heavy atom. The summed E-state index contributed by atoms with van der Waals surface area (Å²) in [6, 6.07) is 0. The van der Waals surface area contributed by atoms with Gasteiger partial charge in [0.15, 0.2) is 5.60 Å². The molecule has 122 valence electrons. The molecule has 1 fully saturated rings. The summed E-state index contributed by atoms with van der Waals surface area (Å²) in [5, 5.41) is 0. The minimum Gasteiger partial charge on any atom is -0.464 e. The van der Waals surface area contributed by atoms with Gasteiger partial charge in [0.1, 0.15) is 5.60 Å². The lowest BCUT2D eigenvalue weighted by Gasteiger charge is -2.39. The van der Waals surface area contributed by atoms with Crippen LogP contribution in [0.4, 0.5) is 4.79 Å². The third-order valence-corrected chi connectivity index (χ3v) is 3.29. The van der Waals surface area contributed by atoms with Crippen LogP contribution in [0.1, 0.15) is 47.5 Å². The maximum atomic E-state index is 12.1. The van der Waals surface area contributed by atoms with E-state index in [0.717, 1.165) is 0 Å². The van der Waals surface area contributed by atoms with Crippen molar-refractivity contribution in [2.45, 2.75) is 58.7 Å². The molecule has 6 nitrogen and oxygen atoms in total. The summed E-state index contributed by atoms with van der Waals surface area (Å²) in [7, 11) is 0. The van der Waals surface area contributed by atoms with Crippen LogP contribution in [0, 0.1) is 0 Å². The number of amides is 1. The van der Waals surface area contributed by atoms with Crippen molar-refractivity contribution in [2.75, 3.05) is 26.3 Å². The average molecular weight is 301 g/mol. The Morgan fingerprint density at radius 2 is 1.67 bits per heavy atom. The first-order chi connectivity index (χ1) is 9.74. The number of rotatable bonds is 4. The van der Waals surface area contributed by atoms with Crippen LogP contribution >= 0.6 is 0 Å². The predicted molar refractivity (Wildman–Crippen MR) is 78.0 cm³/mol. The fourth-order valence-electron chi connectivity index (χ4n) is 2.32. The highest BCUT2D eigenvalue weighted by Gasteiger charge is 2.45. The van der Waals surface area contributed by atoms with E-state index >= 15 is 0 Å². The maximum Gasteiger partial charge on any atom is 0.410 e. The summed E-state index contributed by atoms with van der Waals surface area (Å²) in [6.45, 7) is 10.7. The van der Waals surface area contributed by atoms with Crippen LogP contribution in [0.15, 0.2) is 0 Å². The molecule has 1 amide bonds. The molecule has 1 saturated heterocycles. The molecule has 0 atom stereocenters. The van der Waals surface area contributed by atoms with Gasteiger partial charge in [-0.05, 0) is 34.6 Å². The normalized spacial score (nSPS) is 18.2. The summed E-state index contributed by atoms with van der Waals surface area (Å²) >= 11 is 0. The van der Waals surface area contributed by atoms with Crippen LogP contribution in [0.25, 0.3) is 0 Å². The summed E-state index contributed by atoms with van der Waals surface area (Å²) < 4.78 is 16.1. The number of carbonyl (C=O) groups excluding carboxylic acids is 2. The quantitative estimate of drug-likeness (QED) is 0.746. The zero-order valence-electron chi connectivity index (χ0n) is 13.7. The molecule has 0 spiro atoms. The van der Waals surface area contributed by atoms with Gasteiger partial charge in [0, 0.05) is 32.5 Å². The summed E-state index contributed by atoms with van der Waals surface area (Å²) in [6.07, 6.45) is 0.508. The highest BCUT2D eigenvalue weighted by molar-refractivity contribution is 5.80. The fraction of sp³-hybridized carbons (Fsp3) is 0.867. The molecule has 0 aromatic rings. The topological polar surface area (TPSA) is 65.1 Å². The molecule has 1 aliphatic rings. The second kappa shape index (κ2) is 7.11. The Kier molecular flexibility index (Phi) is 6.01. The van der Waals surface area contributed by atoms with E-state index in [1.807, 2.05) is 27.7 Å². The Labute approximate surface area is 126 Å². The zero-order valence-corrected chi connectivity index (χ0v) is 13.7. The van der Waals surface area contributed by atoms with Gasteiger partial charge < -0.3 is 19.1 Å². The lowest BCUT2D eigenvalue weighted by molar-refractivity contribution is -0.178. The van der Waals surface area contributed by atoms with Gasteiger partial charge in [0.2, 0.25) is 0 Å². The lowest BCUT2D eigenvalue weighted by Crippen LogP contribution is -2.53. The largest absolute Gasteiger partial charge is 0.464 e. The third kappa shape index (κ3) is 4.88. The standard InChI is InChI=1S/C15H27NO5/c1-6-19-12(17)15(20-7-2)8-10-16(11-9-15)13(18)21-14(3,4)5/h6-11H2,1-5H3. The van der Waals surface area contributed by atoms with Crippen molar-refractivity contribution in [1.29, 1.82) is 0 Å². The number of piperidine rings is 1. The van der Waals surface area contributed by atoms with Crippen molar-refractivity contribution in [1.82, 2.24) is 4.90 Å². The van der Waals surface area contributed by atoms with Gasteiger partial charge in [-0.3, -0.25) is 0 Å². The lowest BCUT2D eigenvalue weighted by atomic mass is 9.91. The number of nitrogens with zero attached hydrogens (tertiary/aromatic N) is 1. The molecular formula is C15H27NO5. The monoisotopic (exact) mass is 301 g/mol. The van der Waals surface area contributed by atoms with E-state index in [9.17, 15) is 9.59 Å². The molecule has 21 heavy (non-hydrogen) atoms. The molecule has 0 bridgehead atoms. The average Bonchev–Trinajstić information content (AvgIpc) is 2.38. The van der Waals surface area contributed by atoms with Crippen LogP contribution in [0.2, 0.25) is 0 Å². The van der Waals surface area contributed by atoms with Crippen LogP contribution < -0.4 is 0 Å². The van der Waals surface area contributed by atoms with Gasteiger partial charge in [-0.2, -0.15) is 0 Å². The highest BCUT2D eigenvalue weighted by atomic mass is 16.6. The van der Waals surface area contributed by atoms with Crippen molar-refractivity contribution in [3.8, 4) is 0 Å². The molecule has 1 rings (SSSR count). The Morgan fingerprint density at radius 3 is 2.10 bits per heavy atom. The molecule has 0 aromatic heterocycles. The first-order valence-corrected chi connectivity index (χ1v) is 7.53. The molecule has 0 saturated carbocycles. The summed E-state index contributed by atoms with van der Waals surface area (Å²) in [4.78, 5) is 25.8. The van der Waals surface area contributed by atoms with E-state index in [1.165, 1.54) is 0 Å². The van der Waals surface area contributed by atoms with E-state index < -0.39 is 11.2 Å². The minimum absolute atomic E-state index is 0.323. The van der Waals surface area contributed by atoms with Crippen molar-refractivity contribution >= 4 is 12.1 Å². The van der Waals surface area contributed by atoms with Gasteiger partial charge in [-0.1, -0.05) is 0 Å². The molecule has 0 N–H and O–H groups in total. The van der Waals surface area contributed by atoms with Crippen molar-refractivity contribution in [2.24, 2.45) is 0 Å². The van der Waals surface area contributed by atoms with E-state index in [1.54, 1.807) is 11.8 Å². The summed E-state index contributed by atoms with van der Waals surface area (Å²) in [5.41, 5.74) is -1.45. The van der Waals surface area contributed by atoms with E-state index in [4.69, 9.17) is 14.2 Å². The molecule has 0 aromatic carbocycles. The predicted octanol–water partition coefficient (Wildman–Crippen LogP) is 2.36. The van der Waals surface area contributed by atoms with Gasteiger partial charge in [-0.15, -0.1) is 0 Å². The number of hydrogen-bond acceptors (Lipinski definition) is 5. The first-order valence-electron chi connectivity index (χ1n) is 7.53. The second-order valence-corrected chi connectivity index (χ2v) is 6.12. The number of hydrogen-bond donors (Lipinski definition) is 0. The Bertz CT molecular complexity index is 367. The van der Waals surface area contributed by atoms with Crippen LogP contribution in [-0.4, -0.2) is 54.5 Å². The molecule has 0 radical (unpaired) electrons. The second-order valence-electron chi connectivity index (χ2n) is 6.12. The van der Waals surface area contributed by atoms with Gasteiger partial charge in [0.25, 0.3) is 0 Å². The SMILES string of the molecule is CCOC(=O)C1(OCC)CCN(C(=O)OC(C)(C)C)CC1. The molecule has 0 aliphatic carbocycles. The van der Waals surface area contributed by atoms with Gasteiger partial charge in [-0.25, -0.2) is 9.59 Å². The minimum atomic E-state index is -0.927. The summed E-state index contributed by atoms with van der Waals surface area (Å²) in [5.74, 6) is -0.337. The first kappa shape index (κ1) is 17.8. The van der Waals surface area contributed by atoms with E-state index in [-0.39, 0.29) is 12.1 Å². The van der Waals surface area contributed by atoms with Crippen LogP contribution in [0.3, 0.4) is 0 Å². The van der Waals surface area contributed by atoms with Crippen molar-refractivity contribution in [3.05, 3.63) is 0 Å². The van der Waals surface area contributed by atoms with Crippen LogP contribution in [-0.2, 0) is 19.0 Å². The van der Waals surface area contributed by atoms with Crippen LogP contribution in [0.5, 0.6) is 0 Å². The molecule has 6 heteroatoms. The van der Waals surface area contributed by atoms with Crippen molar-refractivity contribution in [3.63, 3.8) is 0 Å². The zero-order chi connectivity index (χ0) is 16.1. The van der Waals surface area contributed by atoms with Gasteiger partial charge in [0.05, 0.1) is 6.61 Å². The number of carbonyl (C=O) groups is 2. The number of esters is 1. The highest BCUT2D eigenvalue weighted by Crippen LogP contribution is 2.29. The van der Waals surface area contributed by atoms with Crippen molar-refractivity contribution < 1.29 is 23.8 Å². The molecule has 0 unspecified atom stereocenters. The van der Waals surface area contributed by atoms with E-state index in [2.05, 4.69) is 0 Å².